The minimum Gasteiger partial charge on any atom is -0.505 e. The largest absolute Gasteiger partial charge is 0.505 e. The van der Waals surface area contributed by atoms with Crippen LogP contribution in [0.2, 0.25) is 10.0 Å². The number of carboxylic acids is 1. The van der Waals surface area contributed by atoms with Crippen LogP contribution in [0.1, 0.15) is 29.9 Å². The molecule has 0 radical (unpaired) electrons. The fraction of sp³-hybridized carbons (Fsp3) is 0.250. The summed E-state index contributed by atoms with van der Waals surface area (Å²) in [7, 11) is 0. The number of rotatable bonds is 6. The second-order valence-corrected chi connectivity index (χ2v) is 8.20. The van der Waals surface area contributed by atoms with Crippen LogP contribution in [0, 0.1) is 5.41 Å². The Kier molecular flexibility index (Phi) is 6.09. The van der Waals surface area contributed by atoms with Crippen LogP contribution in [0.4, 0.5) is 5.69 Å². The molecular formula is C20H19Cl2N4O4+. The van der Waals surface area contributed by atoms with E-state index in [4.69, 9.17) is 28.3 Å². The zero-order valence-electron chi connectivity index (χ0n) is 16.2. The molecule has 30 heavy (non-hydrogen) atoms. The molecule has 0 aliphatic carbocycles. The minimum absolute atomic E-state index is 0.106. The van der Waals surface area contributed by atoms with Crippen molar-refractivity contribution in [3.8, 4) is 5.75 Å². The molecule has 0 saturated heterocycles. The molecule has 1 aliphatic rings. The highest BCUT2D eigenvalue weighted by Gasteiger charge is 2.29. The number of carbonyl (C=O) groups is 2. The zero-order valence-corrected chi connectivity index (χ0v) is 17.7. The lowest BCUT2D eigenvalue weighted by Gasteiger charge is -2.19. The van der Waals surface area contributed by atoms with Gasteiger partial charge in [0.05, 0.1) is 11.0 Å². The average molecular weight is 450 g/mol. The molecule has 156 valence electrons. The van der Waals surface area contributed by atoms with Crippen LogP contribution in [0.5, 0.6) is 5.75 Å². The second-order valence-electron chi connectivity index (χ2n) is 7.36. The summed E-state index contributed by atoms with van der Waals surface area (Å²) in [5.41, 5.74) is 0.681. The number of aromatic nitrogens is 1. The Morgan fingerprint density at radius 1 is 1.27 bits per heavy atom. The number of hydrogen-bond donors (Lipinski definition) is 3. The highest BCUT2D eigenvalue weighted by molar-refractivity contribution is 6.35. The lowest BCUT2D eigenvalue weighted by molar-refractivity contribution is -0.433. The Bertz CT molecular complexity index is 1100. The van der Waals surface area contributed by atoms with Gasteiger partial charge < -0.3 is 15.5 Å². The molecule has 0 spiro atoms. The third-order valence-electron chi connectivity index (χ3n) is 4.55. The van der Waals surface area contributed by atoms with Crippen LogP contribution in [0.3, 0.4) is 0 Å². The Morgan fingerprint density at radius 3 is 2.63 bits per heavy atom. The summed E-state index contributed by atoms with van der Waals surface area (Å²) in [6, 6.07) is 6.48. The first-order valence-corrected chi connectivity index (χ1v) is 9.67. The number of halogens is 2. The monoisotopic (exact) mass is 449 g/mol. The Hall–Kier alpha value is -2.97. The molecule has 0 unspecified atom stereocenters. The summed E-state index contributed by atoms with van der Waals surface area (Å²) < 4.78 is 1.61. The van der Waals surface area contributed by atoms with E-state index in [0.29, 0.717) is 27.8 Å². The van der Waals surface area contributed by atoms with E-state index in [2.05, 4.69) is 15.4 Å². The highest BCUT2D eigenvalue weighted by Crippen LogP contribution is 2.32. The van der Waals surface area contributed by atoms with Crippen LogP contribution in [-0.4, -0.2) is 44.9 Å². The van der Waals surface area contributed by atoms with Gasteiger partial charge in [-0.15, -0.1) is 0 Å². The second kappa shape index (κ2) is 8.41. The van der Waals surface area contributed by atoms with Gasteiger partial charge in [0.15, 0.2) is 5.69 Å². The van der Waals surface area contributed by atoms with Gasteiger partial charge in [0, 0.05) is 29.4 Å². The highest BCUT2D eigenvalue weighted by atomic mass is 35.5. The molecule has 2 heterocycles. The first kappa shape index (κ1) is 21.7. The Labute approximate surface area is 182 Å². The first-order chi connectivity index (χ1) is 14.1. The first-order valence-electron chi connectivity index (χ1n) is 8.92. The van der Waals surface area contributed by atoms with Crippen molar-refractivity contribution < 1.29 is 24.5 Å². The number of carboxylic acid groups (broad SMARTS) is 1. The van der Waals surface area contributed by atoms with Crippen LogP contribution in [0.15, 0.2) is 41.8 Å². The van der Waals surface area contributed by atoms with Gasteiger partial charge in [-0.3, -0.25) is 9.59 Å². The van der Waals surface area contributed by atoms with Gasteiger partial charge in [0.1, 0.15) is 17.3 Å². The predicted molar refractivity (Wildman–Crippen MR) is 111 cm³/mol. The van der Waals surface area contributed by atoms with Gasteiger partial charge >= 0.3 is 5.97 Å². The maximum atomic E-state index is 12.3. The summed E-state index contributed by atoms with van der Waals surface area (Å²) in [6.07, 6.45) is 3.20. The van der Waals surface area contributed by atoms with Gasteiger partial charge in [-0.1, -0.05) is 27.9 Å². The lowest BCUT2D eigenvalue weighted by atomic mass is 9.94. The van der Waals surface area contributed by atoms with Crippen LogP contribution in [-0.2, 0) is 4.79 Å². The van der Waals surface area contributed by atoms with Gasteiger partial charge in [0.25, 0.3) is 11.6 Å². The number of amides is 1. The zero-order chi connectivity index (χ0) is 22.1. The number of carbonyl (C=O) groups excluding carboxylic acids is 1. The topological polar surface area (TPSA) is 115 Å². The molecule has 3 rings (SSSR count). The fourth-order valence-electron chi connectivity index (χ4n) is 2.62. The van der Waals surface area contributed by atoms with Gasteiger partial charge in [-0.25, -0.2) is 4.98 Å². The van der Waals surface area contributed by atoms with Crippen molar-refractivity contribution in [3.63, 3.8) is 0 Å². The van der Waals surface area contributed by atoms with Crippen molar-refractivity contribution in [1.82, 2.24) is 10.3 Å². The van der Waals surface area contributed by atoms with E-state index in [1.54, 1.807) is 29.1 Å². The normalized spacial score (nSPS) is 13.6. The molecule has 0 bridgehead atoms. The van der Waals surface area contributed by atoms with E-state index in [9.17, 15) is 14.7 Å². The maximum absolute atomic E-state index is 12.3. The predicted octanol–water partition coefficient (Wildman–Crippen LogP) is 4.09. The molecule has 8 nitrogen and oxygen atoms in total. The maximum Gasteiger partial charge on any atom is 0.310 e. The summed E-state index contributed by atoms with van der Waals surface area (Å²) in [4.78, 5) is 27.5. The number of nitrogens with zero attached hydrogens (tertiary/aromatic N) is 3. The molecule has 1 aliphatic heterocycles. The van der Waals surface area contributed by atoms with Crippen LogP contribution in [0.25, 0.3) is 5.57 Å². The number of pyridine rings is 1. The van der Waals surface area contributed by atoms with Crippen molar-refractivity contribution >= 4 is 46.3 Å². The number of nitrogens with one attached hydrogen (secondary N) is 1. The van der Waals surface area contributed by atoms with E-state index in [0.717, 1.165) is 5.57 Å². The Balaban J connectivity index is 1.76. The summed E-state index contributed by atoms with van der Waals surface area (Å²) in [5.74, 6) is -2.02. The SMILES string of the molecule is CC(C)(CNC(=O)c1ncc(C2=C[N+](c3ccc(Cl)cc3Cl)=NC2)cc1O)C(=O)O. The third kappa shape index (κ3) is 4.60. The summed E-state index contributed by atoms with van der Waals surface area (Å²) in [5, 5.41) is 27.2. The van der Waals surface area contributed by atoms with E-state index in [1.807, 2.05) is 0 Å². The number of aliphatic carboxylic acids is 1. The molecule has 0 atom stereocenters. The van der Waals surface area contributed by atoms with E-state index in [-0.39, 0.29) is 18.0 Å². The lowest BCUT2D eigenvalue weighted by Crippen LogP contribution is -2.39. The van der Waals surface area contributed by atoms with Crippen molar-refractivity contribution in [2.75, 3.05) is 13.1 Å². The van der Waals surface area contributed by atoms with Gasteiger partial charge in [-0.2, -0.15) is 0 Å². The number of aromatic hydroxyl groups is 1. The molecule has 0 saturated carbocycles. The van der Waals surface area contributed by atoms with Gasteiger partial charge in [-0.05, 0) is 37.2 Å². The van der Waals surface area contributed by atoms with Crippen LogP contribution >= 0.6 is 23.2 Å². The van der Waals surface area contributed by atoms with E-state index < -0.39 is 17.3 Å². The van der Waals surface area contributed by atoms with Crippen LogP contribution < -0.4 is 5.32 Å². The summed E-state index contributed by atoms with van der Waals surface area (Å²) >= 11 is 12.1. The standard InChI is InChI=1S/C20H18Cl2N4O4/c1-20(2,19(29)30)10-24-18(28)17-16(27)5-11(7-23-17)12-8-25-26(9-12)15-4-3-13(21)6-14(15)22/h3-7,9H,8,10H2,1-2H3,(H2-,24,27,28,29,30)/p+1. The third-order valence-corrected chi connectivity index (χ3v) is 5.09. The number of benzene rings is 1. The van der Waals surface area contributed by atoms with Crippen molar-refractivity contribution in [1.29, 1.82) is 0 Å². The molecule has 0 fully saturated rings. The van der Waals surface area contributed by atoms with Crippen molar-refractivity contribution in [3.05, 3.63) is 58.0 Å². The molecule has 2 aromatic rings. The molecular weight excluding hydrogens is 431 g/mol. The summed E-state index contributed by atoms with van der Waals surface area (Å²) in [6.45, 7) is 3.20. The number of hydrogen-bond acceptors (Lipinski definition) is 5. The van der Waals surface area contributed by atoms with E-state index in [1.165, 1.54) is 26.1 Å². The molecule has 1 aromatic carbocycles. The van der Waals surface area contributed by atoms with Crippen molar-refractivity contribution in [2.45, 2.75) is 13.8 Å². The smallest absolute Gasteiger partial charge is 0.310 e. The molecule has 10 heteroatoms. The van der Waals surface area contributed by atoms with Gasteiger partial charge in [0.2, 0.25) is 6.20 Å². The quantitative estimate of drug-likeness (QED) is 0.574. The molecule has 3 N–H and O–H groups in total. The molecule has 1 amide bonds. The molecule has 1 aromatic heterocycles. The van der Waals surface area contributed by atoms with Crippen molar-refractivity contribution in [2.24, 2.45) is 10.5 Å². The number of azo groups is 2. The fourth-order valence-corrected chi connectivity index (χ4v) is 3.12. The minimum atomic E-state index is -1.15. The Morgan fingerprint density at radius 2 is 2.00 bits per heavy atom. The van der Waals surface area contributed by atoms with E-state index >= 15 is 0 Å². The average Bonchev–Trinajstić information content (AvgIpc) is 3.15.